The zero-order valence-electron chi connectivity index (χ0n) is 16.0. The average molecular weight is 461 g/mol. The molecule has 0 aliphatic heterocycles. The minimum Gasteiger partial charge on any atom is -0.355 e. The van der Waals surface area contributed by atoms with Gasteiger partial charge in [-0.05, 0) is 42.0 Å². The molecule has 2 rings (SSSR count). The molecule has 0 radical (unpaired) electrons. The van der Waals surface area contributed by atoms with E-state index in [0.717, 1.165) is 24.3 Å². The first kappa shape index (κ1) is 24.3. The van der Waals surface area contributed by atoms with Crippen LogP contribution in [0.3, 0.4) is 0 Å². The minimum atomic E-state index is -4.56. The molecule has 2 amide bonds. The van der Waals surface area contributed by atoms with Crippen molar-refractivity contribution >= 4 is 21.8 Å². The number of benzene rings is 2. The van der Waals surface area contributed by atoms with Crippen molar-refractivity contribution in [2.45, 2.75) is 17.5 Å². The number of carbonyl (C=O) groups is 2. The number of hydrogen-bond acceptors (Lipinski definition) is 4. The quantitative estimate of drug-likeness (QED) is 0.391. The largest absolute Gasteiger partial charge is 0.405 e. The lowest BCUT2D eigenvalue weighted by Gasteiger charge is -2.10. The summed E-state index contributed by atoms with van der Waals surface area (Å²) >= 11 is 0. The second-order valence-corrected chi connectivity index (χ2v) is 8.14. The predicted molar refractivity (Wildman–Crippen MR) is 103 cm³/mol. The van der Waals surface area contributed by atoms with Crippen LogP contribution in [0.4, 0.5) is 17.6 Å². The van der Waals surface area contributed by atoms with Crippen LogP contribution in [-0.2, 0) is 21.2 Å². The van der Waals surface area contributed by atoms with Crippen LogP contribution in [0.15, 0.2) is 53.4 Å². The fourth-order valence-corrected chi connectivity index (χ4v) is 3.47. The summed E-state index contributed by atoms with van der Waals surface area (Å²) in [6.45, 7) is -1.66. The van der Waals surface area contributed by atoms with Gasteiger partial charge in [-0.15, -0.1) is 0 Å². The Morgan fingerprint density at radius 3 is 2.23 bits per heavy atom. The molecule has 0 saturated heterocycles. The van der Waals surface area contributed by atoms with E-state index >= 15 is 0 Å². The van der Waals surface area contributed by atoms with Gasteiger partial charge < -0.3 is 10.6 Å². The summed E-state index contributed by atoms with van der Waals surface area (Å²) in [6, 6.07) is 9.84. The van der Waals surface area contributed by atoms with E-state index in [0.29, 0.717) is 5.56 Å². The highest BCUT2D eigenvalue weighted by molar-refractivity contribution is 7.89. The summed E-state index contributed by atoms with van der Waals surface area (Å²) in [7, 11) is -3.96. The van der Waals surface area contributed by atoms with Gasteiger partial charge in [0.15, 0.2) is 0 Å². The summed E-state index contributed by atoms with van der Waals surface area (Å²) in [5.41, 5.74) is 0.338. The molecule has 168 valence electrons. The topological polar surface area (TPSA) is 104 Å². The lowest BCUT2D eigenvalue weighted by Crippen LogP contribution is -2.35. The van der Waals surface area contributed by atoms with E-state index in [1.165, 1.54) is 18.2 Å². The monoisotopic (exact) mass is 461 g/mol. The van der Waals surface area contributed by atoms with Gasteiger partial charge in [0.25, 0.3) is 5.91 Å². The second-order valence-electron chi connectivity index (χ2n) is 6.38. The van der Waals surface area contributed by atoms with Crippen LogP contribution in [0.5, 0.6) is 0 Å². The van der Waals surface area contributed by atoms with Crippen LogP contribution >= 0.6 is 0 Å². The third-order valence-electron chi connectivity index (χ3n) is 3.87. The number of amides is 2. The van der Waals surface area contributed by atoms with E-state index in [1.54, 1.807) is 11.4 Å². The van der Waals surface area contributed by atoms with Gasteiger partial charge >= 0.3 is 6.18 Å². The molecule has 0 saturated carbocycles. The van der Waals surface area contributed by atoms with Gasteiger partial charge in [-0.25, -0.2) is 17.5 Å². The average Bonchev–Trinajstić information content (AvgIpc) is 2.69. The molecule has 0 heterocycles. The highest BCUT2D eigenvalue weighted by atomic mass is 32.2. The lowest BCUT2D eigenvalue weighted by molar-refractivity contribution is -0.123. The smallest absolute Gasteiger partial charge is 0.355 e. The Bertz CT molecular complexity index is 1030. The molecule has 0 spiro atoms. The molecule has 12 heteroatoms. The summed E-state index contributed by atoms with van der Waals surface area (Å²) < 4.78 is 76.2. The Kier molecular flexibility index (Phi) is 8.11. The van der Waals surface area contributed by atoms with E-state index in [9.17, 15) is 35.6 Å². The van der Waals surface area contributed by atoms with Crippen LogP contribution in [0.1, 0.15) is 15.9 Å². The Hall–Kier alpha value is -2.99. The molecular formula is C19H19F4N3O4S. The van der Waals surface area contributed by atoms with Gasteiger partial charge in [-0.3, -0.25) is 9.59 Å². The maximum absolute atomic E-state index is 13.1. The number of rotatable bonds is 9. The maximum Gasteiger partial charge on any atom is 0.405 e. The van der Waals surface area contributed by atoms with Gasteiger partial charge in [-0.1, -0.05) is 12.1 Å². The number of sulfonamides is 1. The van der Waals surface area contributed by atoms with E-state index in [-0.39, 0.29) is 30.0 Å². The minimum absolute atomic E-state index is 0.0225. The lowest BCUT2D eigenvalue weighted by atomic mass is 10.1. The first-order valence-corrected chi connectivity index (χ1v) is 10.4. The Morgan fingerprint density at radius 2 is 1.61 bits per heavy atom. The SMILES string of the molecule is O=C(Cc1cccc(F)c1)NCCNS(=O)(=O)c1ccc(C(=O)NCC(F)(F)F)cc1. The van der Waals surface area contributed by atoms with Crippen molar-refractivity contribution in [1.82, 2.24) is 15.4 Å². The first-order chi connectivity index (χ1) is 14.5. The van der Waals surface area contributed by atoms with E-state index in [2.05, 4.69) is 10.0 Å². The van der Waals surface area contributed by atoms with E-state index in [4.69, 9.17) is 0 Å². The zero-order chi connectivity index (χ0) is 23.1. The molecule has 0 aliphatic rings. The molecule has 3 N–H and O–H groups in total. The number of halogens is 4. The van der Waals surface area contributed by atoms with Crippen LogP contribution in [-0.4, -0.2) is 46.0 Å². The molecule has 0 fully saturated rings. The molecule has 31 heavy (non-hydrogen) atoms. The molecule has 2 aromatic rings. The number of carbonyl (C=O) groups excluding carboxylic acids is 2. The predicted octanol–water partition coefficient (Wildman–Crippen LogP) is 1.75. The van der Waals surface area contributed by atoms with Crippen molar-refractivity contribution in [2.24, 2.45) is 0 Å². The van der Waals surface area contributed by atoms with Crippen LogP contribution in [0, 0.1) is 5.82 Å². The summed E-state index contributed by atoms with van der Waals surface area (Å²) in [5, 5.41) is 4.17. The Balaban J connectivity index is 1.81. The fourth-order valence-electron chi connectivity index (χ4n) is 2.43. The van der Waals surface area contributed by atoms with E-state index in [1.807, 2.05) is 0 Å². The normalized spacial score (nSPS) is 11.7. The van der Waals surface area contributed by atoms with Crippen molar-refractivity contribution in [3.05, 3.63) is 65.5 Å². The molecule has 0 aromatic heterocycles. The van der Waals surface area contributed by atoms with E-state index < -0.39 is 40.4 Å². The van der Waals surface area contributed by atoms with Crippen molar-refractivity contribution in [2.75, 3.05) is 19.6 Å². The summed E-state index contributed by atoms with van der Waals surface area (Å²) in [5.74, 6) is -1.88. The van der Waals surface area contributed by atoms with Crippen molar-refractivity contribution in [1.29, 1.82) is 0 Å². The highest BCUT2D eigenvalue weighted by Gasteiger charge is 2.28. The first-order valence-electron chi connectivity index (χ1n) is 8.92. The number of nitrogens with one attached hydrogen (secondary N) is 3. The summed E-state index contributed by atoms with van der Waals surface area (Å²) in [4.78, 5) is 23.3. The van der Waals surface area contributed by atoms with Crippen LogP contribution in [0.25, 0.3) is 0 Å². The van der Waals surface area contributed by atoms with Gasteiger partial charge in [-0.2, -0.15) is 13.2 Å². The third-order valence-corrected chi connectivity index (χ3v) is 5.35. The Labute approximate surface area is 175 Å². The molecule has 0 unspecified atom stereocenters. The van der Waals surface area contributed by atoms with Crippen LogP contribution in [0.2, 0.25) is 0 Å². The van der Waals surface area contributed by atoms with Gasteiger partial charge in [0.05, 0.1) is 11.3 Å². The molecule has 0 bridgehead atoms. The van der Waals surface area contributed by atoms with Gasteiger partial charge in [0, 0.05) is 18.7 Å². The second kappa shape index (κ2) is 10.4. The number of alkyl halides is 3. The van der Waals surface area contributed by atoms with Crippen LogP contribution < -0.4 is 15.4 Å². The molecular weight excluding hydrogens is 442 g/mol. The van der Waals surface area contributed by atoms with Gasteiger partial charge in [0.2, 0.25) is 15.9 Å². The van der Waals surface area contributed by atoms with Crippen molar-refractivity contribution in [3.8, 4) is 0 Å². The molecule has 2 aromatic carbocycles. The standard InChI is InChI=1S/C19H19F4N3O4S/c20-15-3-1-2-13(10-15)11-17(27)24-8-9-26-31(29,30)16-6-4-14(5-7-16)18(28)25-12-19(21,22)23/h1-7,10,26H,8-9,11-12H2,(H,24,27)(H,25,28). The van der Waals surface area contributed by atoms with Crippen molar-refractivity contribution in [3.63, 3.8) is 0 Å². The Morgan fingerprint density at radius 1 is 0.935 bits per heavy atom. The summed E-state index contributed by atoms with van der Waals surface area (Å²) in [6.07, 6.45) is -4.63. The highest BCUT2D eigenvalue weighted by Crippen LogP contribution is 2.14. The van der Waals surface area contributed by atoms with Crippen molar-refractivity contribution < 1.29 is 35.6 Å². The maximum atomic E-state index is 13.1. The number of hydrogen-bond donors (Lipinski definition) is 3. The third kappa shape index (κ3) is 8.34. The molecule has 7 nitrogen and oxygen atoms in total. The van der Waals surface area contributed by atoms with Gasteiger partial charge in [0.1, 0.15) is 12.4 Å². The molecule has 0 atom stereocenters. The zero-order valence-corrected chi connectivity index (χ0v) is 16.8. The fraction of sp³-hybridized carbons (Fsp3) is 0.263. The molecule has 0 aliphatic carbocycles.